The van der Waals surface area contributed by atoms with Crippen LogP contribution in [0.4, 0.5) is 35.1 Å². The number of nitrogens with zero attached hydrogens (tertiary/aromatic N) is 1. The van der Waals surface area contributed by atoms with E-state index in [1.165, 1.54) is 48.6 Å². The van der Waals surface area contributed by atoms with Gasteiger partial charge in [0.15, 0.2) is 11.6 Å². The lowest BCUT2D eigenvalue weighted by molar-refractivity contribution is -0.138. The molecule has 13 heteroatoms. The third-order valence-corrected chi connectivity index (χ3v) is 9.46. The largest absolute Gasteiger partial charge is 0.494 e. The smallest absolute Gasteiger partial charge is 0.416 e. The van der Waals surface area contributed by atoms with E-state index in [2.05, 4.69) is 5.32 Å². The van der Waals surface area contributed by atoms with E-state index in [0.717, 1.165) is 18.2 Å². The van der Waals surface area contributed by atoms with Crippen LogP contribution >= 0.6 is 11.8 Å². The van der Waals surface area contributed by atoms with Gasteiger partial charge in [0.25, 0.3) is 5.56 Å². The molecule has 0 bridgehead atoms. The van der Waals surface area contributed by atoms with Crippen LogP contribution in [0.3, 0.4) is 0 Å². The van der Waals surface area contributed by atoms with E-state index >= 15 is 8.78 Å². The molecule has 0 saturated carbocycles. The third kappa shape index (κ3) is 7.20. The Morgan fingerprint density at radius 1 is 0.957 bits per heavy atom. The summed E-state index contributed by atoms with van der Waals surface area (Å²) in [6.07, 6.45) is -11.1. The molecule has 3 aromatic carbocycles. The van der Waals surface area contributed by atoms with Gasteiger partial charge in [-0.15, -0.1) is 11.8 Å². The topological polar surface area (TPSA) is 43.3 Å². The van der Waals surface area contributed by atoms with Crippen LogP contribution < -0.4 is 15.6 Å². The molecular weight excluding hydrogens is 652 g/mol. The molecular formula is C34H30F8N2O2S. The summed E-state index contributed by atoms with van der Waals surface area (Å²) in [5, 5.41) is 3.43. The van der Waals surface area contributed by atoms with E-state index in [1.807, 2.05) is 0 Å². The predicted octanol–water partition coefficient (Wildman–Crippen LogP) is 9.04. The molecule has 1 aliphatic rings. The Labute approximate surface area is 269 Å². The van der Waals surface area contributed by atoms with Crippen LogP contribution in [0.15, 0.2) is 76.6 Å². The van der Waals surface area contributed by atoms with Crippen molar-refractivity contribution in [2.45, 2.75) is 55.6 Å². The van der Waals surface area contributed by atoms with Crippen LogP contribution in [-0.4, -0.2) is 30.2 Å². The first-order chi connectivity index (χ1) is 22.2. The van der Waals surface area contributed by atoms with Crippen LogP contribution in [0.1, 0.15) is 52.7 Å². The maximum absolute atomic E-state index is 15.7. The SMILES string of the molecule is COc1cccc(-c2c(C)c(Cc3c(F)cccc3C(F)(F)F)c3n(c2=O)C(C(NCCCC(F)(F)F)c2ccccc2)CS3)c1F. The summed E-state index contributed by atoms with van der Waals surface area (Å²) in [5.74, 6) is -1.91. The zero-order valence-corrected chi connectivity index (χ0v) is 26.1. The van der Waals surface area contributed by atoms with E-state index in [4.69, 9.17) is 4.74 Å². The number of rotatable bonds is 10. The Morgan fingerprint density at radius 3 is 2.32 bits per heavy atom. The highest BCUT2D eigenvalue weighted by molar-refractivity contribution is 7.99. The molecule has 0 amide bonds. The molecule has 0 spiro atoms. The number of benzene rings is 3. The van der Waals surface area contributed by atoms with Crippen LogP contribution in [-0.2, 0) is 12.6 Å². The lowest BCUT2D eigenvalue weighted by atomic mass is 9.91. The third-order valence-electron chi connectivity index (χ3n) is 8.23. The summed E-state index contributed by atoms with van der Waals surface area (Å²) in [6, 6.07) is 14.1. The summed E-state index contributed by atoms with van der Waals surface area (Å²) in [4.78, 5) is 14.5. The second-order valence-electron chi connectivity index (χ2n) is 11.2. The molecule has 47 heavy (non-hydrogen) atoms. The van der Waals surface area contributed by atoms with E-state index < -0.39 is 65.6 Å². The van der Waals surface area contributed by atoms with Crippen molar-refractivity contribution in [3.8, 4) is 16.9 Å². The molecule has 2 atom stereocenters. The number of ether oxygens (including phenoxy) is 1. The van der Waals surface area contributed by atoms with E-state index in [-0.39, 0.29) is 51.7 Å². The molecule has 1 aliphatic heterocycles. The standard InChI is InChI=1S/C34H30F8N2O2S/c1-19-22(17-23-24(34(40,41)42)12-7-13-25(23)35)32-44(31(45)28(19)21-11-6-14-27(46-2)29(21)36)26(18-47-32)30(20-9-4-3-5-10-20)43-16-8-15-33(37,38)39/h3-7,9-14,26,30,43H,8,15-18H2,1-2H3. The Balaban J connectivity index is 1.73. The highest BCUT2D eigenvalue weighted by atomic mass is 32.2. The summed E-state index contributed by atoms with van der Waals surface area (Å²) in [7, 11) is 1.24. The highest BCUT2D eigenvalue weighted by Crippen LogP contribution is 2.45. The first-order valence-corrected chi connectivity index (χ1v) is 15.6. The second-order valence-corrected chi connectivity index (χ2v) is 12.2. The van der Waals surface area contributed by atoms with Gasteiger partial charge in [-0.05, 0) is 54.8 Å². The minimum Gasteiger partial charge on any atom is -0.494 e. The lowest BCUT2D eigenvalue weighted by Gasteiger charge is -2.28. The number of halogens is 8. The number of aromatic nitrogens is 1. The summed E-state index contributed by atoms with van der Waals surface area (Å²) >= 11 is 1.17. The van der Waals surface area contributed by atoms with Gasteiger partial charge < -0.3 is 10.1 Å². The van der Waals surface area contributed by atoms with Crippen molar-refractivity contribution in [2.75, 3.05) is 19.4 Å². The number of thioether (sulfide) groups is 1. The van der Waals surface area contributed by atoms with E-state index in [1.54, 1.807) is 30.3 Å². The molecule has 1 aromatic heterocycles. The Kier molecular flexibility index (Phi) is 10.1. The summed E-state index contributed by atoms with van der Waals surface area (Å²) < 4.78 is 118. The Hall–Kier alpha value is -3.84. The van der Waals surface area contributed by atoms with Gasteiger partial charge in [-0.3, -0.25) is 9.36 Å². The molecule has 2 unspecified atom stereocenters. The molecule has 0 fully saturated rings. The maximum Gasteiger partial charge on any atom is 0.416 e. The van der Waals surface area contributed by atoms with Crippen molar-refractivity contribution in [1.82, 2.24) is 9.88 Å². The maximum atomic E-state index is 15.7. The van der Waals surface area contributed by atoms with Crippen molar-refractivity contribution in [1.29, 1.82) is 0 Å². The van der Waals surface area contributed by atoms with Crippen molar-refractivity contribution in [3.63, 3.8) is 0 Å². The predicted molar refractivity (Wildman–Crippen MR) is 164 cm³/mol. The fourth-order valence-corrected chi connectivity index (χ4v) is 7.45. The zero-order chi connectivity index (χ0) is 34.1. The average molecular weight is 683 g/mol. The minimum absolute atomic E-state index is 0.0510. The number of methoxy groups -OCH3 is 1. The molecule has 2 heterocycles. The van der Waals surface area contributed by atoms with Gasteiger partial charge >= 0.3 is 12.4 Å². The number of pyridine rings is 1. The van der Waals surface area contributed by atoms with Crippen LogP contribution in [0, 0.1) is 18.6 Å². The van der Waals surface area contributed by atoms with Crippen LogP contribution in [0.25, 0.3) is 11.1 Å². The number of fused-ring (bicyclic) bond motifs is 1. The van der Waals surface area contributed by atoms with Gasteiger partial charge in [0.1, 0.15) is 5.82 Å². The fraction of sp³-hybridized carbons (Fsp3) is 0.324. The minimum atomic E-state index is -4.88. The molecule has 4 nitrogen and oxygen atoms in total. The lowest BCUT2D eigenvalue weighted by Crippen LogP contribution is -2.36. The van der Waals surface area contributed by atoms with Gasteiger partial charge in [0, 0.05) is 29.7 Å². The van der Waals surface area contributed by atoms with Crippen molar-refractivity contribution in [2.24, 2.45) is 0 Å². The summed E-state index contributed by atoms with van der Waals surface area (Å²) in [6.45, 7) is 1.43. The molecule has 0 saturated heterocycles. The molecule has 250 valence electrons. The van der Waals surface area contributed by atoms with Gasteiger partial charge in [0.05, 0.1) is 35.3 Å². The number of hydrogen-bond donors (Lipinski definition) is 1. The number of hydrogen-bond acceptors (Lipinski definition) is 4. The van der Waals surface area contributed by atoms with Crippen molar-refractivity contribution < 1.29 is 39.9 Å². The van der Waals surface area contributed by atoms with Crippen LogP contribution in [0.5, 0.6) is 5.75 Å². The van der Waals surface area contributed by atoms with Gasteiger partial charge in [0.2, 0.25) is 0 Å². The van der Waals surface area contributed by atoms with Crippen molar-refractivity contribution in [3.05, 3.63) is 117 Å². The Bertz CT molecular complexity index is 1810. The Morgan fingerprint density at radius 2 is 1.66 bits per heavy atom. The molecule has 0 radical (unpaired) electrons. The molecule has 0 aliphatic carbocycles. The fourth-order valence-electron chi connectivity index (χ4n) is 6.02. The summed E-state index contributed by atoms with van der Waals surface area (Å²) in [5.41, 5.74) is -1.71. The zero-order valence-electron chi connectivity index (χ0n) is 25.2. The number of alkyl halides is 6. The molecule has 1 N–H and O–H groups in total. The highest BCUT2D eigenvalue weighted by Gasteiger charge is 2.39. The number of nitrogens with one attached hydrogen (secondary N) is 1. The van der Waals surface area contributed by atoms with Gasteiger partial charge in [-0.25, -0.2) is 8.78 Å². The van der Waals surface area contributed by atoms with Gasteiger partial charge in [-0.2, -0.15) is 26.3 Å². The first kappa shape index (κ1) is 34.5. The van der Waals surface area contributed by atoms with Gasteiger partial charge in [-0.1, -0.05) is 48.5 Å². The first-order valence-electron chi connectivity index (χ1n) is 14.7. The van der Waals surface area contributed by atoms with Crippen molar-refractivity contribution >= 4 is 11.8 Å². The molecule has 4 aromatic rings. The van der Waals surface area contributed by atoms with E-state index in [0.29, 0.717) is 5.56 Å². The van der Waals surface area contributed by atoms with Crippen LogP contribution in [0.2, 0.25) is 0 Å². The van der Waals surface area contributed by atoms with E-state index in [9.17, 15) is 31.1 Å². The normalized spacial score (nSPS) is 15.5. The molecule has 5 rings (SSSR count). The second kappa shape index (κ2) is 13.7. The quantitative estimate of drug-likeness (QED) is 0.134. The average Bonchev–Trinajstić information content (AvgIpc) is 3.45. The monoisotopic (exact) mass is 682 g/mol.